The molecule has 0 bridgehead atoms. The molecule has 0 saturated heterocycles. The average molecular weight is 471 g/mol. The Bertz CT molecular complexity index is 1440. The number of aromatic nitrogens is 3. The zero-order valence-corrected chi connectivity index (χ0v) is 19.0. The number of fused-ring (bicyclic) bond motifs is 2. The number of hydrogen-bond acceptors (Lipinski definition) is 3. The van der Waals surface area contributed by atoms with Crippen molar-refractivity contribution in [1.82, 2.24) is 14.8 Å². The van der Waals surface area contributed by atoms with Crippen molar-refractivity contribution in [2.24, 2.45) is 0 Å². The molecule has 2 aromatic heterocycles. The van der Waals surface area contributed by atoms with Crippen LogP contribution in [0.3, 0.4) is 0 Å². The fourth-order valence-corrected chi connectivity index (χ4v) is 5.46. The van der Waals surface area contributed by atoms with Crippen LogP contribution in [0.4, 0.5) is 13.2 Å². The maximum atomic E-state index is 16.0. The van der Waals surface area contributed by atoms with Gasteiger partial charge in [0.05, 0.1) is 11.7 Å². The second-order valence-corrected chi connectivity index (χ2v) is 9.25. The predicted molar refractivity (Wildman–Crippen MR) is 121 cm³/mol. The minimum atomic E-state index is -1.36. The number of nitrogens with zero attached hydrogens (tertiary/aromatic N) is 2. The molecular weight excluding hydrogens is 447 g/mol. The van der Waals surface area contributed by atoms with E-state index in [1.807, 2.05) is 13.8 Å². The van der Waals surface area contributed by atoms with E-state index in [1.54, 1.807) is 10.6 Å². The van der Waals surface area contributed by atoms with E-state index in [4.69, 9.17) is 4.74 Å². The average Bonchev–Trinajstić information content (AvgIpc) is 3.51. The molecule has 34 heavy (non-hydrogen) atoms. The number of aliphatic carboxylic acids is 1. The number of rotatable bonds is 5. The van der Waals surface area contributed by atoms with E-state index in [2.05, 4.69) is 10.2 Å². The summed E-state index contributed by atoms with van der Waals surface area (Å²) in [6.07, 6.45) is 2.45. The van der Waals surface area contributed by atoms with Crippen molar-refractivity contribution < 1.29 is 27.8 Å². The standard InChI is InChI=1S/C25H24F3N3O3/c1-12(2)23-19(13-6-7-25(10-13,34-3)24(32)33)20-18(8-14-11-29-30-22(14)21(20)28)31(23)15-4-5-16(26)17(27)9-15/h4-5,8-9,11-13H,6-7,10H2,1-3H3,(H,29,30)(H,32,33)/t13-,25+/m1/s1. The van der Waals surface area contributed by atoms with E-state index in [-0.39, 0.29) is 30.2 Å². The largest absolute Gasteiger partial charge is 0.479 e. The van der Waals surface area contributed by atoms with Gasteiger partial charge in [-0.05, 0) is 54.9 Å². The number of H-pyrrole nitrogens is 1. The van der Waals surface area contributed by atoms with E-state index < -0.39 is 29.0 Å². The number of carbonyl (C=O) groups is 1. The molecule has 0 aliphatic heterocycles. The number of benzene rings is 2. The molecule has 1 saturated carbocycles. The lowest BCUT2D eigenvalue weighted by Crippen LogP contribution is -2.37. The smallest absolute Gasteiger partial charge is 0.335 e. The number of hydrogen-bond donors (Lipinski definition) is 2. The molecule has 6 nitrogen and oxygen atoms in total. The van der Waals surface area contributed by atoms with E-state index in [1.165, 1.54) is 19.4 Å². The molecule has 1 aliphatic carbocycles. The first-order valence-electron chi connectivity index (χ1n) is 11.1. The lowest BCUT2D eigenvalue weighted by Gasteiger charge is -2.23. The lowest BCUT2D eigenvalue weighted by atomic mass is 9.89. The summed E-state index contributed by atoms with van der Waals surface area (Å²) in [5.41, 5.74) is 1.12. The van der Waals surface area contributed by atoms with Gasteiger partial charge in [0.2, 0.25) is 0 Å². The Morgan fingerprint density at radius 3 is 2.65 bits per heavy atom. The maximum absolute atomic E-state index is 16.0. The van der Waals surface area contributed by atoms with E-state index in [0.29, 0.717) is 34.0 Å². The van der Waals surface area contributed by atoms with Gasteiger partial charge in [-0.25, -0.2) is 18.0 Å². The summed E-state index contributed by atoms with van der Waals surface area (Å²) >= 11 is 0. The van der Waals surface area contributed by atoms with E-state index in [9.17, 15) is 18.7 Å². The Labute approximate surface area is 193 Å². The Kier molecular flexibility index (Phi) is 5.20. The van der Waals surface area contributed by atoms with Crippen LogP contribution < -0.4 is 0 Å². The Hall–Kier alpha value is -3.33. The molecule has 178 valence electrons. The molecule has 2 aromatic carbocycles. The van der Waals surface area contributed by atoms with Crippen molar-refractivity contribution in [3.63, 3.8) is 0 Å². The van der Waals surface area contributed by atoms with Gasteiger partial charge in [-0.3, -0.25) is 5.10 Å². The molecular formula is C25H24F3N3O3. The molecule has 9 heteroatoms. The first-order valence-corrected chi connectivity index (χ1v) is 11.1. The molecule has 0 radical (unpaired) electrons. The van der Waals surface area contributed by atoms with Crippen LogP contribution in [0, 0.1) is 17.5 Å². The second kappa shape index (κ2) is 7.87. The highest BCUT2D eigenvalue weighted by atomic mass is 19.2. The quantitative estimate of drug-likeness (QED) is 0.386. The summed E-state index contributed by atoms with van der Waals surface area (Å²) in [5, 5.41) is 17.3. The van der Waals surface area contributed by atoms with Gasteiger partial charge in [0.1, 0.15) is 5.52 Å². The third-order valence-electron chi connectivity index (χ3n) is 7.05. The maximum Gasteiger partial charge on any atom is 0.335 e. The van der Waals surface area contributed by atoms with Gasteiger partial charge in [0.25, 0.3) is 0 Å². The SMILES string of the molecule is CO[C@@]1(C(=O)O)CC[C@@H](c2c(C(C)C)n(-c3ccc(F)c(F)c3)c3cc4cn[nH]c4c(F)c23)C1. The summed E-state index contributed by atoms with van der Waals surface area (Å²) in [5.74, 6) is -3.98. The molecule has 1 aliphatic rings. The fourth-order valence-electron chi connectivity index (χ4n) is 5.46. The van der Waals surface area contributed by atoms with Crippen molar-refractivity contribution >= 4 is 27.8 Å². The summed E-state index contributed by atoms with van der Waals surface area (Å²) in [6, 6.07) is 5.36. The molecule has 5 rings (SSSR count). The van der Waals surface area contributed by atoms with Gasteiger partial charge >= 0.3 is 5.97 Å². The van der Waals surface area contributed by atoms with Gasteiger partial charge in [-0.2, -0.15) is 5.10 Å². The van der Waals surface area contributed by atoms with Crippen molar-refractivity contribution in [3.8, 4) is 5.69 Å². The van der Waals surface area contributed by atoms with Gasteiger partial charge in [-0.1, -0.05) is 13.8 Å². The zero-order valence-electron chi connectivity index (χ0n) is 19.0. The minimum absolute atomic E-state index is 0.131. The molecule has 2 atom stereocenters. The van der Waals surface area contributed by atoms with Crippen molar-refractivity contribution in [2.75, 3.05) is 7.11 Å². The monoisotopic (exact) mass is 471 g/mol. The highest BCUT2D eigenvalue weighted by Crippen LogP contribution is 2.50. The van der Waals surface area contributed by atoms with Crippen LogP contribution in [0.15, 0.2) is 30.5 Å². The highest BCUT2D eigenvalue weighted by Gasteiger charge is 2.48. The molecule has 0 spiro atoms. The van der Waals surface area contributed by atoms with Gasteiger partial charge in [-0.15, -0.1) is 0 Å². The third kappa shape index (κ3) is 3.14. The van der Waals surface area contributed by atoms with Crippen LogP contribution in [0.5, 0.6) is 0 Å². The molecule has 0 unspecified atom stereocenters. The molecule has 2 N–H and O–H groups in total. The third-order valence-corrected chi connectivity index (χ3v) is 7.05. The number of nitrogens with one attached hydrogen (secondary N) is 1. The fraction of sp³-hybridized carbons (Fsp3) is 0.360. The Morgan fingerprint density at radius 1 is 1.26 bits per heavy atom. The number of ether oxygens (including phenoxy) is 1. The summed E-state index contributed by atoms with van der Waals surface area (Å²) in [7, 11) is 1.37. The van der Waals surface area contributed by atoms with Gasteiger partial charge in [0, 0.05) is 35.3 Å². The van der Waals surface area contributed by atoms with Crippen LogP contribution in [0.2, 0.25) is 0 Å². The summed E-state index contributed by atoms with van der Waals surface area (Å²) in [4.78, 5) is 12.0. The van der Waals surface area contributed by atoms with E-state index >= 15 is 4.39 Å². The predicted octanol–water partition coefficient (Wildman–Crippen LogP) is 5.78. The van der Waals surface area contributed by atoms with Gasteiger partial charge in [0.15, 0.2) is 23.1 Å². The summed E-state index contributed by atoms with van der Waals surface area (Å²) < 4.78 is 51.2. The number of methoxy groups -OCH3 is 1. The molecule has 2 heterocycles. The molecule has 4 aromatic rings. The highest BCUT2D eigenvalue weighted by molar-refractivity contribution is 6.00. The van der Waals surface area contributed by atoms with Crippen LogP contribution in [-0.4, -0.2) is 38.6 Å². The Morgan fingerprint density at radius 2 is 2.03 bits per heavy atom. The Balaban J connectivity index is 1.87. The van der Waals surface area contributed by atoms with E-state index in [0.717, 1.165) is 17.8 Å². The topological polar surface area (TPSA) is 80.1 Å². The lowest BCUT2D eigenvalue weighted by molar-refractivity contribution is -0.161. The van der Waals surface area contributed by atoms with Crippen molar-refractivity contribution in [1.29, 1.82) is 0 Å². The van der Waals surface area contributed by atoms with Crippen molar-refractivity contribution in [2.45, 2.75) is 50.5 Å². The first-order chi connectivity index (χ1) is 16.2. The van der Waals surface area contributed by atoms with Crippen LogP contribution in [-0.2, 0) is 9.53 Å². The normalized spacial score (nSPS) is 20.7. The van der Waals surface area contributed by atoms with Crippen LogP contribution in [0.25, 0.3) is 27.5 Å². The number of carboxylic acid groups (broad SMARTS) is 1. The van der Waals surface area contributed by atoms with Gasteiger partial charge < -0.3 is 14.4 Å². The van der Waals surface area contributed by atoms with Crippen LogP contribution in [0.1, 0.15) is 56.2 Å². The minimum Gasteiger partial charge on any atom is -0.479 e. The first kappa shape index (κ1) is 22.5. The van der Waals surface area contributed by atoms with Crippen molar-refractivity contribution in [3.05, 3.63) is 59.2 Å². The summed E-state index contributed by atoms with van der Waals surface area (Å²) in [6.45, 7) is 3.88. The second-order valence-electron chi connectivity index (χ2n) is 9.25. The van der Waals surface area contributed by atoms with Crippen LogP contribution >= 0.6 is 0 Å². The number of aromatic amines is 1. The molecule has 1 fully saturated rings. The number of halogens is 3. The number of carboxylic acids is 1. The zero-order chi connectivity index (χ0) is 24.4. The molecule has 0 amide bonds.